The van der Waals surface area contributed by atoms with Crippen molar-refractivity contribution in [3.63, 3.8) is 0 Å². The van der Waals surface area contributed by atoms with Crippen molar-refractivity contribution in [2.75, 3.05) is 39.0 Å². The highest BCUT2D eigenvalue weighted by Crippen LogP contribution is 2.20. The Morgan fingerprint density at radius 2 is 1.92 bits per heavy atom. The summed E-state index contributed by atoms with van der Waals surface area (Å²) >= 11 is 0. The Morgan fingerprint density at radius 1 is 1.20 bits per heavy atom. The molecular weight excluding hydrogens is 314 g/mol. The molecule has 6 nitrogen and oxygen atoms in total. The number of amides is 1. The Kier molecular flexibility index (Phi) is 5.60. The SMILES string of the molecule is CN(C)CCCNc1ncc(C(=O)N2CCc3ccccc3C2)cn1. The number of rotatable bonds is 6. The maximum Gasteiger partial charge on any atom is 0.257 e. The van der Waals surface area contributed by atoms with Crippen molar-refractivity contribution in [1.29, 1.82) is 0 Å². The lowest BCUT2D eigenvalue weighted by Gasteiger charge is -2.28. The van der Waals surface area contributed by atoms with Gasteiger partial charge in [-0.25, -0.2) is 9.97 Å². The van der Waals surface area contributed by atoms with Crippen LogP contribution >= 0.6 is 0 Å². The molecule has 0 saturated carbocycles. The zero-order valence-corrected chi connectivity index (χ0v) is 14.9. The summed E-state index contributed by atoms with van der Waals surface area (Å²) in [5.74, 6) is 0.563. The van der Waals surface area contributed by atoms with E-state index in [1.165, 1.54) is 11.1 Å². The number of nitrogens with one attached hydrogen (secondary N) is 1. The fourth-order valence-electron chi connectivity index (χ4n) is 2.98. The van der Waals surface area contributed by atoms with Gasteiger partial charge in [-0.3, -0.25) is 4.79 Å². The molecular formula is C19H25N5O. The normalized spacial score (nSPS) is 13.6. The fraction of sp³-hybridized carbons (Fsp3) is 0.421. The van der Waals surface area contributed by atoms with E-state index < -0.39 is 0 Å². The van der Waals surface area contributed by atoms with E-state index >= 15 is 0 Å². The molecule has 2 heterocycles. The van der Waals surface area contributed by atoms with Crippen molar-refractivity contribution in [2.45, 2.75) is 19.4 Å². The number of carbonyl (C=O) groups is 1. The van der Waals surface area contributed by atoms with Crippen molar-refractivity contribution in [2.24, 2.45) is 0 Å². The summed E-state index contributed by atoms with van der Waals surface area (Å²) in [6, 6.07) is 8.30. The molecule has 6 heteroatoms. The second kappa shape index (κ2) is 8.07. The van der Waals surface area contributed by atoms with Gasteiger partial charge >= 0.3 is 0 Å². The van der Waals surface area contributed by atoms with Crippen LogP contribution in [0.25, 0.3) is 0 Å². The van der Waals surface area contributed by atoms with Crippen LogP contribution in [0.5, 0.6) is 0 Å². The lowest BCUT2D eigenvalue weighted by Crippen LogP contribution is -2.36. The number of benzene rings is 1. The monoisotopic (exact) mass is 339 g/mol. The van der Waals surface area contributed by atoms with E-state index in [1.54, 1.807) is 12.4 Å². The smallest absolute Gasteiger partial charge is 0.257 e. The zero-order chi connectivity index (χ0) is 17.6. The third-order valence-electron chi connectivity index (χ3n) is 4.38. The Balaban J connectivity index is 1.56. The topological polar surface area (TPSA) is 61.4 Å². The molecule has 1 aliphatic rings. The molecule has 0 aliphatic carbocycles. The second-order valence-electron chi connectivity index (χ2n) is 6.62. The average molecular weight is 339 g/mol. The summed E-state index contributed by atoms with van der Waals surface area (Å²) in [4.78, 5) is 25.2. The molecule has 0 radical (unpaired) electrons. The van der Waals surface area contributed by atoms with Crippen LogP contribution in [-0.4, -0.2) is 59.4 Å². The first-order valence-electron chi connectivity index (χ1n) is 8.70. The van der Waals surface area contributed by atoms with Gasteiger partial charge in [0.15, 0.2) is 0 Å². The summed E-state index contributed by atoms with van der Waals surface area (Å²) in [5.41, 5.74) is 3.10. The molecule has 132 valence electrons. The Hall–Kier alpha value is -2.47. The number of fused-ring (bicyclic) bond motifs is 1. The molecule has 2 aromatic rings. The third-order valence-corrected chi connectivity index (χ3v) is 4.38. The predicted molar refractivity (Wildman–Crippen MR) is 98.6 cm³/mol. The van der Waals surface area contributed by atoms with Crippen LogP contribution in [0.4, 0.5) is 5.95 Å². The Bertz CT molecular complexity index is 714. The largest absolute Gasteiger partial charge is 0.354 e. The minimum atomic E-state index is -0.00587. The van der Waals surface area contributed by atoms with Crippen molar-refractivity contribution < 1.29 is 4.79 Å². The molecule has 0 bridgehead atoms. The van der Waals surface area contributed by atoms with E-state index in [0.29, 0.717) is 18.1 Å². The van der Waals surface area contributed by atoms with Gasteiger partial charge in [0.25, 0.3) is 5.91 Å². The van der Waals surface area contributed by atoms with E-state index in [1.807, 2.05) is 11.0 Å². The number of hydrogen-bond acceptors (Lipinski definition) is 5. The van der Waals surface area contributed by atoms with Crippen molar-refractivity contribution in [1.82, 2.24) is 19.8 Å². The minimum absolute atomic E-state index is 0.00587. The maximum absolute atomic E-state index is 12.7. The van der Waals surface area contributed by atoms with Gasteiger partial charge < -0.3 is 15.1 Å². The second-order valence-corrected chi connectivity index (χ2v) is 6.62. The predicted octanol–water partition coefficient (Wildman–Crippen LogP) is 2.04. The first-order chi connectivity index (χ1) is 12.1. The van der Waals surface area contributed by atoms with E-state index in [-0.39, 0.29) is 5.91 Å². The fourth-order valence-corrected chi connectivity index (χ4v) is 2.98. The number of nitrogens with zero attached hydrogens (tertiary/aromatic N) is 4. The number of anilines is 1. The standard InChI is InChI=1S/C19H25N5O/c1-23(2)10-5-9-20-19-21-12-17(13-22-19)18(25)24-11-8-15-6-3-4-7-16(15)14-24/h3-4,6-7,12-13H,5,8-11,14H2,1-2H3,(H,20,21,22). The van der Waals surface area contributed by atoms with Crippen LogP contribution in [0.2, 0.25) is 0 Å². The van der Waals surface area contributed by atoms with Gasteiger partial charge in [0.05, 0.1) is 5.56 Å². The van der Waals surface area contributed by atoms with Crippen LogP contribution in [0, 0.1) is 0 Å². The zero-order valence-electron chi connectivity index (χ0n) is 14.9. The molecule has 0 fully saturated rings. The lowest BCUT2D eigenvalue weighted by molar-refractivity contribution is 0.0734. The highest BCUT2D eigenvalue weighted by atomic mass is 16.2. The molecule has 1 amide bonds. The molecule has 0 saturated heterocycles. The van der Waals surface area contributed by atoms with Gasteiger partial charge in [-0.2, -0.15) is 0 Å². The number of carbonyl (C=O) groups excluding carboxylic acids is 1. The summed E-state index contributed by atoms with van der Waals surface area (Å²) in [6.07, 6.45) is 5.15. The highest BCUT2D eigenvalue weighted by Gasteiger charge is 2.21. The molecule has 0 atom stereocenters. The summed E-state index contributed by atoms with van der Waals surface area (Å²) < 4.78 is 0. The Labute approximate surface area is 148 Å². The molecule has 3 rings (SSSR count). The van der Waals surface area contributed by atoms with Crippen molar-refractivity contribution >= 4 is 11.9 Å². The number of aromatic nitrogens is 2. The van der Waals surface area contributed by atoms with Gasteiger partial charge in [-0.1, -0.05) is 24.3 Å². The first-order valence-corrected chi connectivity index (χ1v) is 8.70. The van der Waals surface area contributed by atoms with Gasteiger partial charge in [0.1, 0.15) is 0 Å². The van der Waals surface area contributed by atoms with Gasteiger partial charge in [0.2, 0.25) is 5.95 Å². The van der Waals surface area contributed by atoms with Gasteiger partial charge in [-0.05, 0) is 44.6 Å². The van der Waals surface area contributed by atoms with Crippen molar-refractivity contribution in [3.05, 3.63) is 53.3 Å². The molecule has 1 aliphatic heterocycles. The van der Waals surface area contributed by atoms with E-state index in [9.17, 15) is 4.79 Å². The van der Waals surface area contributed by atoms with Gasteiger partial charge in [0, 0.05) is 32.0 Å². The number of hydrogen-bond donors (Lipinski definition) is 1. The molecule has 1 aromatic carbocycles. The lowest BCUT2D eigenvalue weighted by atomic mass is 9.99. The van der Waals surface area contributed by atoms with Crippen LogP contribution in [0.3, 0.4) is 0 Å². The molecule has 0 spiro atoms. The van der Waals surface area contributed by atoms with Crippen molar-refractivity contribution in [3.8, 4) is 0 Å². The Morgan fingerprint density at radius 3 is 2.64 bits per heavy atom. The first kappa shape index (κ1) is 17.4. The van der Waals surface area contributed by atoms with Crippen LogP contribution in [0.15, 0.2) is 36.7 Å². The van der Waals surface area contributed by atoms with E-state index in [4.69, 9.17) is 0 Å². The van der Waals surface area contributed by atoms with Crippen LogP contribution < -0.4 is 5.32 Å². The quantitative estimate of drug-likeness (QED) is 0.816. The summed E-state index contributed by atoms with van der Waals surface area (Å²) in [7, 11) is 4.10. The molecule has 1 aromatic heterocycles. The third kappa shape index (κ3) is 4.54. The van der Waals surface area contributed by atoms with Crippen LogP contribution in [-0.2, 0) is 13.0 Å². The summed E-state index contributed by atoms with van der Waals surface area (Å²) in [5, 5.41) is 3.18. The summed E-state index contributed by atoms with van der Waals surface area (Å²) in [6.45, 7) is 3.22. The van der Waals surface area contributed by atoms with E-state index in [0.717, 1.165) is 32.5 Å². The van der Waals surface area contributed by atoms with Gasteiger partial charge in [-0.15, -0.1) is 0 Å². The highest BCUT2D eigenvalue weighted by molar-refractivity contribution is 5.93. The average Bonchev–Trinajstić information content (AvgIpc) is 2.64. The maximum atomic E-state index is 12.7. The molecule has 0 unspecified atom stereocenters. The van der Waals surface area contributed by atoms with E-state index in [2.05, 4.69) is 52.5 Å². The molecule has 1 N–H and O–H groups in total. The molecule has 25 heavy (non-hydrogen) atoms. The minimum Gasteiger partial charge on any atom is -0.354 e. The van der Waals surface area contributed by atoms with Crippen LogP contribution in [0.1, 0.15) is 27.9 Å².